The van der Waals surface area contributed by atoms with Crippen molar-refractivity contribution in [3.8, 4) is 0 Å². The van der Waals surface area contributed by atoms with Gasteiger partial charge in [0.2, 0.25) is 0 Å². The number of halogens is 1. The number of hydrogen-bond donors (Lipinski definition) is 1. The van der Waals surface area contributed by atoms with E-state index in [1.807, 2.05) is 52.9 Å². The molecule has 0 atom stereocenters. The zero-order valence-electron chi connectivity index (χ0n) is 6.20. The van der Waals surface area contributed by atoms with Crippen LogP contribution in [0.15, 0.2) is 36.4 Å². The summed E-state index contributed by atoms with van der Waals surface area (Å²) in [6.07, 6.45) is 1.19. The standard InChI is InChI=1S/C9H7IO2/c10-8(6-9(11)12)7-4-2-1-3-5-7/h1-6H,(H,11,12)/b8-6+. The molecule has 0 unspecified atom stereocenters. The smallest absolute Gasteiger partial charge is 0.329 e. The Bertz CT molecular complexity index is 304. The van der Waals surface area contributed by atoms with Crippen LogP contribution in [0.25, 0.3) is 3.58 Å². The lowest BCUT2D eigenvalue weighted by atomic mass is 10.2. The number of benzene rings is 1. The van der Waals surface area contributed by atoms with E-state index in [9.17, 15) is 4.79 Å². The highest BCUT2D eigenvalue weighted by Gasteiger charge is 1.97. The Morgan fingerprint density at radius 1 is 1.33 bits per heavy atom. The highest BCUT2D eigenvalue weighted by Crippen LogP contribution is 2.20. The Kier molecular flexibility index (Phi) is 3.28. The second-order valence-corrected chi connectivity index (χ2v) is 3.36. The van der Waals surface area contributed by atoms with Crippen LogP contribution in [-0.2, 0) is 4.79 Å². The summed E-state index contributed by atoms with van der Waals surface area (Å²) >= 11 is 2.00. The van der Waals surface area contributed by atoms with E-state index >= 15 is 0 Å². The molecule has 1 aromatic rings. The Morgan fingerprint density at radius 2 is 1.92 bits per heavy atom. The van der Waals surface area contributed by atoms with Gasteiger partial charge < -0.3 is 5.11 Å². The molecule has 0 fully saturated rings. The van der Waals surface area contributed by atoms with Crippen LogP contribution in [0.4, 0.5) is 0 Å². The second kappa shape index (κ2) is 4.25. The van der Waals surface area contributed by atoms with E-state index in [4.69, 9.17) is 5.11 Å². The normalized spacial score (nSPS) is 11.2. The first-order chi connectivity index (χ1) is 5.70. The predicted octanol–water partition coefficient (Wildman–Crippen LogP) is 2.55. The lowest BCUT2D eigenvalue weighted by molar-refractivity contribution is -0.131. The molecule has 62 valence electrons. The molecule has 3 heteroatoms. The predicted molar refractivity (Wildman–Crippen MR) is 56.1 cm³/mol. The fourth-order valence-electron chi connectivity index (χ4n) is 0.789. The van der Waals surface area contributed by atoms with E-state index in [0.717, 1.165) is 9.14 Å². The van der Waals surface area contributed by atoms with Crippen molar-refractivity contribution >= 4 is 32.1 Å². The van der Waals surface area contributed by atoms with Crippen LogP contribution < -0.4 is 0 Å². The van der Waals surface area contributed by atoms with Crippen molar-refractivity contribution in [3.05, 3.63) is 42.0 Å². The molecule has 1 aromatic carbocycles. The van der Waals surface area contributed by atoms with E-state index in [-0.39, 0.29) is 0 Å². The molecular weight excluding hydrogens is 267 g/mol. The molecule has 1 N–H and O–H groups in total. The average Bonchev–Trinajstić information content (AvgIpc) is 2.05. The van der Waals surface area contributed by atoms with Crippen molar-refractivity contribution in [1.29, 1.82) is 0 Å². The van der Waals surface area contributed by atoms with E-state index in [1.165, 1.54) is 6.08 Å². The highest BCUT2D eigenvalue weighted by molar-refractivity contribution is 14.1. The zero-order valence-corrected chi connectivity index (χ0v) is 8.36. The number of carbonyl (C=O) groups is 1. The van der Waals surface area contributed by atoms with E-state index in [0.29, 0.717) is 0 Å². The third-order valence-electron chi connectivity index (χ3n) is 1.30. The van der Waals surface area contributed by atoms with Crippen molar-refractivity contribution in [1.82, 2.24) is 0 Å². The second-order valence-electron chi connectivity index (χ2n) is 2.20. The summed E-state index contributed by atoms with van der Waals surface area (Å²) in [7, 11) is 0. The van der Waals surface area contributed by atoms with Gasteiger partial charge in [0.05, 0.1) is 0 Å². The summed E-state index contributed by atoms with van der Waals surface area (Å²) in [6.45, 7) is 0. The minimum absolute atomic E-state index is 0.737. The Labute approximate surface area is 84.1 Å². The third-order valence-corrected chi connectivity index (χ3v) is 2.23. The quantitative estimate of drug-likeness (QED) is 0.664. The summed E-state index contributed by atoms with van der Waals surface area (Å²) in [4.78, 5) is 10.3. The molecule has 0 spiro atoms. The maximum absolute atomic E-state index is 10.3. The van der Waals surface area contributed by atoms with Crippen LogP contribution >= 0.6 is 22.6 Å². The van der Waals surface area contributed by atoms with Crippen LogP contribution in [0.2, 0.25) is 0 Å². The number of aliphatic carboxylic acids is 1. The van der Waals surface area contributed by atoms with Crippen molar-refractivity contribution in [2.45, 2.75) is 0 Å². The molecule has 2 nitrogen and oxygen atoms in total. The maximum atomic E-state index is 10.3. The molecule has 0 aliphatic rings. The van der Waals surface area contributed by atoms with Crippen molar-refractivity contribution in [2.24, 2.45) is 0 Å². The minimum atomic E-state index is -0.914. The van der Waals surface area contributed by atoms with Gasteiger partial charge in [-0.1, -0.05) is 30.3 Å². The highest BCUT2D eigenvalue weighted by atomic mass is 127. The lowest BCUT2D eigenvalue weighted by Crippen LogP contribution is -1.87. The molecule has 1 rings (SSSR count). The van der Waals surface area contributed by atoms with Gasteiger partial charge in [0.25, 0.3) is 0 Å². The van der Waals surface area contributed by atoms with Gasteiger partial charge in [-0.05, 0) is 28.2 Å². The molecule has 0 amide bonds. The van der Waals surface area contributed by atoms with Gasteiger partial charge in [0.1, 0.15) is 0 Å². The molecule has 0 heterocycles. The lowest BCUT2D eigenvalue weighted by Gasteiger charge is -1.95. The SMILES string of the molecule is O=C(O)/C=C(/I)c1ccccc1. The molecule has 0 saturated carbocycles. The third kappa shape index (κ3) is 2.65. The minimum Gasteiger partial charge on any atom is -0.478 e. The first kappa shape index (κ1) is 9.25. The number of hydrogen-bond acceptors (Lipinski definition) is 1. The number of carboxylic acids is 1. The topological polar surface area (TPSA) is 37.3 Å². The maximum Gasteiger partial charge on any atom is 0.329 e. The van der Waals surface area contributed by atoms with Gasteiger partial charge in [-0.3, -0.25) is 0 Å². The summed E-state index contributed by atoms with van der Waals surface area (Å²) in [5.41, 5.74) is 0.931. The molecular formula is C9H7IO2. The van der Waals surface area contributed by atoms with E-state index in [2.05, 4.69) is 0 Å². The van der Waals surface area contributed by atoms with E-state index in [1.54, 1.807) is 0 Å². The molecule has 0 aromatic heterocycles. The largest absolute Gasteiger partial charge is 0.478 e. The van der Waals surface area contributed by atoms with E-state index < -0.39 is 5.97 Å². The fourth-order valence-corrected chi connectivity index (χ4v) is 1.42. The molecule has 0 saturated heterocycles. The van der Waals surface area contributed by atoms with Crippen molar-refractivity contribution < 1.29 is 9.90 Å². The Balaban J connectivity index is 2.93. The number of rotatable bonds is 2. The van der Waals surface area contributed by atoms with Gasteiger partial charge in [-0.25, -0.2) is 4.79 Å². The summed E-state index contributed by atoms with van der Waals surface area (Å²) in [5.74, 6) is -0.914. The first-order valence-corrected chi connectivity index (χ1v) is 4.43. The molecule has 0 bridgehead atoms. The number of carboxylic acid groups (broad SMARTS) is 1. The zero-order chi connectivity index (χ0) is 8.97. The van der Waals surface area contributed by atoms with Gasteiger partial charge in [-0.15, -0.1) is 0 Å². The van der Waals surface area contributed by atoms with Crippen LogP contribution in [0.3, 0.4) is 0 Å². The van der Waals surface area contributed by atoms with Gasteiger partial charge >= 0.3 is 5.97 Å². The average molecular weight is 274 g/mol. The summed E-state index contributed by atoms with van der Waals surface area (Å²) in [6, 6.07) is 9.41. The van der Waals surface area contributed by atoms with Crippen LogP contribution in [-0.4, -0.2) is 11.1 Å². The molecule has 12 heavy (non-hydrogen) atoms. The molecule has 0 aliphatic carbocycles. The monoisotopic (exact) mass is 274 g/mol. The van der Waals surface area contributed by atoms with Crippen LogP contribution in [0.5, 0.6) is 0 Å². The van der Waals surface area contributed by atoms with Crippen molar-refractivity contribution in [2.75, 3.05) is 0 Å². The molecule has 0 aliphatic heterocycles. The van der Waals surface area contributed by atoms with Crippen molar-refractivity contribution in [3.63, 3.8) is 0 Å². The summed E-state index contributed by atoms with van der Waals surface area (Å²) in [5, 5.41) is 8.46. The van der Waals surface area contributed by atoms with Crippen LogP contribution in [0.1, 0.15) is 5.56 Å². The fraction of sp³-hybridized carbons (Fsp3) is 0. The van der Waals surface area contributed by atoms with Gasteiger partial charge in [-0.2, -0.15) is 0 Å². The Hall–Kier alpha value is -0.840. The first-order valence-electron chi connectivity index (χ1n) is 3.35. The molecule has 0 radical (unpaired) electrons. The Morgan fingerprint density at radius 3 is 2.42 bits per heavy atom. The van der Waals surface area contributed by atoms with Gasteiger partial charge in [0.15, 0.2) is 0 Å². The van der Waals surface area contributed by atoms with Gasteiger partial charge in [0, 0.05) is 9.66 Å². The summed E-state index contributed by atoms with van der Waals surface area (Å²) < 4.78 is 0.737. The van der Waals surface area contributed by atoms with Crippen LogP contribution in [0, 0.1) is 0 Å².